The summed E-state index contributed by atoms with van der Waals surface area (Å²) in [6.07, 6.45) is 0.337. The lowest BCUT2D eigenvalue weighted by molar-refractivity contribution is -0.140. The molecule has 0 spiro atoms. The molecule has 1 N–H and O–H groups in total. The predicted molar refractivity (Wildman–Crippen MR) is 128 cm³/mol. The minimum absolute atomic E-state index is 0.0564. The van der Waals surface area contributed by atoms with Crippen molar-refractivity contribution in [2.75, 3.05) is 17.9 Å². The van der Waals surface area contributed by atoms with Crippen LogP contribution in [0.3, 0.4) is 0 Å². The molecule has 0 saturated carbocycles. The van der Waals surface area contributed by atoms with Crippen LogP contribution in [0.4, 0.5) is 10.1 Å². The summed E-state index contributed by atoms with van der Waals surface area (Å²) in [7, 11) is -2.20. The average Bonchev–Trinajstić information content (AvgIpc) is 3.05. The van der Waals surface area contributed by atoms with Crippen molar-refractivity contribution in [2.24, 2.45) is 0 Å². The molecule has 0 saturated heterocycles. The second-order valence-corrected chi connectivity index (χ2v) is 10.1. The highest BCUT2D eigenvalue weighted by molar-refractivity contribution is 7.93. The summed E-state index contributed by atoms with van der Waals surface area (Å²) in [6, 6.07) is 15.7. The Morgan fingerprint density at radius 1 is 1.06 bits per heavy atom. The molecule has 1 aliphatic heterocycles. The fourth-order valence-corrected chi connectivity index (χ4v) is 6.04. The van der Waals surface area contributed by atoms with Crippen LogP contribution in [-0.2, 0) is 26.2 Å². The van der Waals surface area contributed by atoms with Crippen molar-refractivity contribution in [3.8, 4) is 0 Å². The smallest absolute Gasteiger partial charge is 0.265 e. The molecule has 3 aromatic rings. The first-order chi connectivity index (χ1) is 16.2. The monoisotopic (exact) mass is 483 g/mol. The Hall–Kier alpha value is -3.46. The lowest BCUT2D eigenvalue weighted by atomic mass is 10.1. The van der Waals surface area contributed by atoms with E-state index in [4.69, 9.17) is 0 Å². The normalized spacial score (nSPS) is 14.7. The topological polar surface area (TPSA) is 86.8 Å². The third-order valence-electron chi connectivity index (χ3n) is 6.11. The Balaban J connectivity index is 1.49. The molecule has 1 unspecified atom stereocenters. The molecule has 0 radical (unpaired) electrons. The molecule has 2 amide bonds. The van der Waals surface area contributed by atoms with Crippen LogP contribution in [0.2, 0.25) is 0 Å². The van der Waals surface area contributed by atoms with Gasteiger partial charge in [-0.05, 0) is 48.6 Å². The third kappa shape index (κ3) is 4.35. The van der Waals surface area contributed by atoms with Crippen LogP contribution in [0.15, 0.2) is 65.6 Å². The van der Waals surface area contributed by atoms with Crippen molar-refractivity contribution >= 4 is 38.3 Å². The van der Waals surface area contributed by atoms with E-state index in [0.717, 1.165) is 5.39 Å². The molecule has 0 fully saturated rings. The molecule has 34 heavy (non-hydrogen) atoms. The number of carbonyl (C=O) groups is 2. The van der Waals surface area contributed by atoms with Gasteiger partial charge in [0.2, 0.25) is 11.8 Å². The molecule has 1 heterocycles. The average molecular weight is 484 g/mol. The fraction of sp³-hybridized carbons (Fsp3) is 0.280. The summed E-state index contributed by atoms with van der Waals surface area (Å²) in [5, 5.41) is 4.09. The van der Waals surface area contributed by atoms with E-state index in [1.807, 2.05) is 18.2 Å². The Morgan fingerprint density at radius 2 is 1.74 bits per heavy atom. The summed E-state index contributed by atoms with van der Waals surface area (Å²) in [6.45, 7) is 1.91. The number of hydrogen-bond acceptors (Lipinski definition) is 4. The van der Waals surface area contributed by atoms with Crippen LogP contribution in [0, 0.1) is 5.82 Å². The summed E-state index contributed by atoms with van der Waals surface area (Å²) < 4.78 is 40.9. The molecule has 0 bridgehead atoms. The number of anilines is 1. The Bertz CT molecular complexity index is 1340. The van der Waals surface area contributed by atoms with Gasteiger partial charge in [0.1, 0.15) is 11.9 Å². The summed E-state index contributed by atoms with van der Waals surface area (Å²) in [5.41, 5.74) is 1.30. The number of halogens is 1. The van der Waals surface area contributed by atoms with E-state index >= 15 is 0 Å². The highest BCUT2D eigenvalue weighted by Crippen LogP contribution is 2.42. The zero-order chi connectivity index (χ0) is 24.5. The van der Waals surface area contributed by atoms with Crippen molar-refractivity contribution in [1.29, 1.82) is 0 Å². The zero-order valence-electron chi connectivity index (χ0n) is 19.0. The van der Waals surface area contributed by atoms with Crippen molar-refractivity contribution in [1.82, 2.24) is 10.2 Å². The Kier molecular flexibility index (Phi) is 6.56. The van der Waals surface area contributed by atoms with Gasteiger partial charge in [-0.15, -0.1) is 0 Å². The molecular weight excluding hydrogens is 457 g/mol. The van der Waals surface area contributed by atoms with Crippen LogP contribution in [0.5, 0.6) is 0 Å². The molecule has 3 aromatic carbocycles. The Morgan fingerprint density at radius 3 is 2.41 bits per heavy atom. The van der Waals surface area contributed by atoms with Crippen molar-refractivity contribution in [3.05, 3.63) is 72.0 Å². The number of nitrogens with one attached hydrogen (secondary N) is 1. The number of hydrogen-bond donors (Lipinski definition) is 1. The van der Waals surface area contributed by atoms with E-state index in [2.05, 4.69) is 5.32 Å². The fourth-order valence-electron chi connectivity index (χ4n) is 4.29. The van der Waals surface area contributed by atoms with Crippen LogP contribution < -0.4 is 9.62 Å². The van der Waals surface area contributed by atoms with Crippen LogP contribution in [0.25, 0.3) is 10.8 Å². The van der Waals surface area contributed by atoms with Gasteiger partial charge < -0.3 is 10.2 Å². The van der Waals surface area contributed by atoms with E-state index < -0.39 is 16.1 Å². The van der Waals surface area contributed by atoms with E-state index in [0.29, 0.717) is 16.6 Å². The van der Waals surface area contributed by atoms with Crippen LogP contribution >= 0.6 is 0 Å². The minimum Gasteiger partial charge on any atom is -0.357 e. The lowest BCUT2D eigenvalue weighted by Gasteiger charge is -2.29. The molecule has 0 aromatic heterocycles. The van der Waals surface area contributed by atoms with Crippen molar-refractivity contribution in [3.63, 3.8) is 0 Å². The largest absolute Gasteiger partial charge is 0.357 e. The maximum absolute atomic E-state index is 13.3. The number of nitrogens with zero attached hydrogens (tertiary/aromatic N) is 2. The van der Waals surface area contributed by atoms with Gasteiger partial charge >= 0.3 is 0 Å². The first-order valence-electron chi connectivity index (χ1n) is 11.0. The molecule has 1 atom stereocenters. The molecule has 1 aliphatic rings. The second kappa shape index (κ2) is 9.42. The number of carbonyl (C=O) groups excluding carboxylic acids is 2. The van der Waals surface area contributed by atoms with Gasteiger partial charge in [-0.1, -0.05) is 36.4 Å². The molecule has 4 rings (SSSR count). The van der Waals surface area contributed by atoms with Gasteiger partial charge in [0.15, 0.2) is 0 Å². The van der Waals surface area contributed by atoms with Crippen LogP contribution in [-0.4, -0.2) is 44.8 Å². The van der Waals surface area contributed by atoms with Gasteiger partial charge in [-0.25, -0.2) is 12.8 Å². The number of rotatable bonds is 8. The summed E-state index contributed by atoms with van der Waals surface area (Å²) in [5.74, 6) is -0.990. The first-order valence-corrected chi connectivity index (χ1v) is 12.5. The minimum atomic E-state index is -3.69. The third-order valence-corrected chi connectivity index (χ3v) is 7.97. The van der Waals surface area contributed by atoms with Gasteiger partial charge in [-0.2, -0.15) is 0 Å². The van der Waals surface area contributed by atoms with E-state index in [1.165, 1.54) is 28.4 Å². The van der Waals surface area contributed by atoms with Gasteiger partial charge in [0.05, 0.1) is 10.6 Å². The van der Waals surface area contributed by atoms with E-state index in [-0.39, 0.29) is 48.5 Å². The van der Waals surface area contributed by atoms with Gasteiger partial charge in [0, 0.05) is 31.9 Å². The zero-order valence-corrected chi connectivity index (χ0v) is 19.8. The molecule has 0 aliphatic carbocycles. The lowest BCUT2D eigenvalue weighted by Crippen LogP contribution is -2.46. The highest BCUT2D eigenvalue weighted by atomic mass is 32.2. The molecule has 178 valence electrons. The Labute approximate surface area is 198 Å². The summed E-state index contributed by atoms with van der Waals surface area (Å²) >= 11 is 0. The molecule has 7 nitrogen and oxygen atoms in total. The van der Waals surface area contributed by atoms with Crippen LogP contribution in [0.1, 0.15) is 25.3 Å². The summed E-state index contributed by atoms with van der Waals surface area (Å²) in [4.78, 5) is 27.1. The standard InChI is InChI=1S/C25H26FN3O4S/c1-17(25(31)27-2)28(16-18-11-13-20(26)14-12-18)23(30)10-5-15-29-21-8-3-6-19-7-4-9-22(24(19)21)34(29,32)33/h3-4,6-9,11-14,17H,5,10,15-16H2,1-2H3,(H,27,31). The number of amides is 2. The second-order valence-electron chi connectivity index (χ2n) is 8.25. The van der Waals surface area contributed by atoms with E-state index in [1.54, 1.807) is 37.3 Å². The highest BCUT2D eigenvalue weighted by Gasteiger charge is 2.35. The van der Waals surface area contributed by atoms with Crippen molar-refractivity contribution < 1.29 is 22.4 Å². The van der Waals surface area contributed by atoms with E-state index in [9.17, 15) is 22.4 Å². The van der Waals surface area contributed by atoms with Gasteiger partial charge in [-0.3, -0.25) is 13.9 Å². The van der Waals surface area contributed by atoms with Crippen molar-refractivity contribution in [2.45, 2.75) is 37.2 Å². The molecule has 9 heteroatoms. The SMILES string of the molecule is CNC(=O)C(C)N(Cc1ccc(F)cc1)C(=O)CCCN1c2cccc3cccc(c23)S1(=O)=O. The number of benzene rings is 3. The molecular formula is C25H26FN3O4S. The predicted octanol–water partition coefficient (Wildman–Crippen LogP) is 3.43. The first kappa shape index (κ1) is 23.7. The van der Waals surface area contributed by atoms with Gasteiger partial charge in [0.25, 0.3) is 10.0 Å². The maximum Gasteiger partial charge on any atom is 0.265 e. The maximum atomic E-state index is 13.3. The number of sulfonamides is 1. The number of likely N-dealkylation sites (N-methyl/N-ethyl adjacent to an activating group) is 1. The quantitative estimate of drug-likeness (QED) is 0.532.